The van der Waals surface area contributed by atoms with Crippen LogP contribution in [0, 0.1) is 0 Å². The van der Waals surface area contributed by atoms with E-state index in [9.17, 15) is 8.42 Å². The Balaban J connectivity index is 2.62. The molecule has 0 saturated carbocycles. The lowest BCUT2D eigenvalue weighted by Crippen LogP contribution is -2.00. The Morgan fingerprint density at radius 3 is 2.56 bits per heavy atom. The molecule has 2 rings (SSSR count). The first kappa shape index (κ1) is 11.2. The zero-order chi connectivity index (χ0) is 11.8. The van der Waals surface area contributed by atoms with Gasteiger partial charge in [-0.25, -0.2) is 8.42 Å². The molecule has 0 aliphatic heterocycles. The first-order valence-electron chi connectivity index (χ1n) is 5.25. The Morgan fingerprint density at radius 2 is 1.94 bits per heavy atom. The van der Waals surface area contributed by atoms with Gasteiger partial charge in [-0.3, -0.25) is 0 Å². The highest BCUT2D eigenvalue weighted by molar-refractivity contribution is 7.89. The van der Waals surface area contributed by atoms with E-state index < -0.39 is 9.84 Å². The Hall–Kier alpha value is -1.29. The summed E-state index contributed by atoms with van der Waals surface area (Å²) in [7, 11) is -2.98. The summed E-state index contributed by atoms with van der Waals surface area (Å²) in [5.74, 6) is 0.112. The number of nitrogens with zero attached hydrogens (tertiary/aromatic N) is 1. The molecule has 0 unspecified atom stereocenters. The van der Waals surface area contributed by atoms with E-state index in [2.05, 4.69) is 11.5 Å². The van der Waals surface area contributed by atoms with Crippen molar-refractivity contribution in [2.75, 3.05) is 6.26 Å². The van der Waals surface area contributed by atoms with Crippen molar-refractivity contribution >= 4 is 20.7 Å². The normalized spacial score (nSPS) is 12.1. The zero-order valence-corrected chi connectivity index (χ0v) is 10.3. The molecule has 0 atom stereocenters. The molecule has 4 heteroatoms. The number of aromatic nitrogens is 1. The van der Waals surface area contributed by atoms with Crippen molar-refractivity contribution in [3.05, 3.63) is 36.0 Å². The van der Waals surface area contributed by atoms with E-state index in [1.807, 2.05) is 30.5 Å². The summed E-state index contributed by atoms with van der Waals surface area (Å²) in [5, 5.41) is 1.04. The monoisotopic (exact) mass is 237 g/mol. The molecule has 1 aromatic carbocycles. The van der Waals surface area contributed by atoms with Crippen LogP contribution >= 0.6 is 0 Å². The molecule has 0 saturated heterocycles. The van der Waals surface area contributed by atoms with Crippen molar-refractivity contribution in [3.63, 3.8) is 0 Å². The molecule has 16 heavy (non-hydrogen) atoms. The molecule has 0 spiro atoms. The lowest BCUT2D eigenvalue weighted by Gasteiger charge is -1.98. The van der Waals surface area contributed by atoms with Gasteiger partial charge in [-0.15, -0.1) is 0 Å². The summed E-state index contributed by atoms with van der Waals surface area (Å²) in [6.45, 7) is 2.90. The Kier molecular flexibility index (Phi) is 2.76. The highest BCUT2D eigenvalue weighted by atomic mass is 32.2. The standard InChI is InChI=1S/C12H15NO2S/c1-3-13-8-10(9-16(2,14)15)11-6-4-5-7-12(11)13/h4-8H,3,9H2,1-2H3. The smallest absolute Gasteiger partial charge is 0.151 e. The number of fused-ring (bicyclic) bond motifs is 1. The van der Waals surface area contributed by atoms with E-state index in [4.69, 9.17) is 0 Å². The van der Waals surface area contributed by atoms with Crippen LogP contribution in [-0.2, 0) is 22.1 Å². The predicted molar refractivity (Wildman–Crippen MR) is 66.2 cm³/mol. The number of hydrogen-bond acceptors (Lipinski definition) is 2. The number of sulfone groups is 1. The third kappa shape index (κ3) is 2.11. The van der Waals surface area contributed by atoms with Crippen molar-refractivity contribution in [1.82, 2.24) is 4.57 Å². The second kappa shape index (κ2) is 3.94. The minimum atomic E-state index is -2.98. The molecule has 0 aliphatic rings. The quantitative estimate of drug-likeness (QED) is 0.821. The average molecular weight is 237 g/mol. The largest absolute Gasteiger partial charge is 0.347 e. The maximum Gasteiger partial charge on any atom is 0.151 e. The second-order valence-corrected chi connectivity index (χ2v) is 6.17. The van der Waals surface area contributed by atoms with E-state index in [0.29, 0.717) is 0 Å². The van der Waals surface area contributed by atoms with Crippen LogP contribution in [0.15, 0.2) is 30.5 Å². The van der Waals surface area contributed by atoms with Crippen LogP contribution < -0.4 is 0 Å². The summed E-state index contributed by atoms with van der Waals surface area (Å²) in [5.41, 5.74) is 1.99. The van der Waals surface area contributed by atoms with Gasteiger partial charge in [0.2, 0.25) is 0 Å². The molecular weight excluding hydrogens is 222 g/mol. The maximum absolute atomic E-state index is 11.3. The Morgan fingerprint density at radius 1 is 1.25 bits per heavy atom. The highest BCUT2D eigenvalue weighted by Gasteiger charge is 2.11. The second-order valence-electron chi connectivity index (χ2n) is 4.03. The molecule has 0 aliphatic carbocycles. The van der Waals surface area contributed by atoms with Crippen LogP contribution in [0.1, 0.15) is 12.5 Å². The van der Waals surface area contributed by atoms with Gasteiger partial charge in [-0.05, 0) is 18.6 Å². The Labute approximate surface area is 95.6 Å². The van der Waals surface area contributed by atoms with Gasteiger partial charge in [0.05, 0.1) is 5.75 Å². The SMILES string of the molecule is CCn1cc(CS(C)(=O)=O)c2ccccc21. The first-order chi connectivity index (χ1) is 7.51. The molecule has 3 nitrogen and oxygen atoms in total. The molecule has 2 aromatic rings. The molecule has 1 heterocycles. The summed E-state index contributed by atoms with van der Waals surface area (Å²) in [6, 6.07) is 7.90. The van der Waals surface area contributed by atoms with Crippen molar-refractivity contribution in [1.29, 1.82) is 0 Å². The van der Waals surface area contributed by atoms with E-state index in [0.717, 1.165) is 23.0 Å². The third-order valence-corrected chi connectivity index (χ3v) is 3.46. The van der Waals surface area contributed by atoms with Crippen molar-refractivity contribution < 1.29 is 8.42 Å². The van der Waals surface area contributed by atoms with Crippen LogP contribution in [0.4, 0.5) is 0 Å². The highest BCUT2D eigenvalue weighted by Crippen LogP contribution is 2.22. The van der Waals surface area contributed by atoms with E-state index in [-0.39, 0.29) is 5.75 Å². The third-order valence-electron chi connectivity index (χ3n) is 2.63. The van der Waals surface area contributed by atoms with Gasteiger partial charge in [0, 0.05) is 29.9 Å². The zero-order valence-electron chi connectivity index (χ0n) is 9.47. The number of benzene rings is 1. The lowest BCUT2D eigenvalue weighted by molar-refractivity contribution is 0.601. The minimum Gasteiger partial charge on any atom is -0.347 e. The Bertz CT molecular complexity index is 611. The molecule has 0 N–H and O–H groups in total. The van der Waals surface area contributed by atoms with E-state index in [1.165, 1.54) is 6.26 Å². The van der Waals surface area contributed by atoms with Crippen LogP contribution in [0.25, 0.3) is 10.9 Å². The topological polar surface area (TPSA) is 39.1 Å². The lowest BCUT2D eigenvalue weighted by atomic mass is 10.2. The molecule has 0 amide bonds. The van der Waals surface area contributed by atoms with E-state index >= 15 is 0 Å². The molecule has 0 bridgehead atoms. The number of rotatable bonds is 3. The van der Waals surface area contributed by atoms with Crippen molar-refractivity contribution in [2.24, 2.45) is 0 Å². The minimum absolute atomic E-state index is 0.112. The molecular formula is C12H15NO2S. The number of para-hydroxylation sites is 1. The molecule has 1 aromatic heterocycles. The fourth-order valence-electron chi connectivity index (χ4n) is 1.98. The molecule has 86 valence electrons. The van der Waals surface area contributed by atoms with Crippen LogP contribution in [0.5, 0.6) is 0 Å². The van der Waals surface area contributed by atoms with Gasteiger partial charge in [0.1, 0.15) is 0 Å². The summed E-state index contributed by atoms with van der Waals surface area (Å²) in [6.07, 6.45) is 3.21. The number of hydrogen-bond donors (Lipinski definition) is 0. The fraction of sp³-hybridized carbons (Fsp3) is 0.333. The van der Waals surface area contributed by atoms with E-state index in [1.54, 1.807) is 0 Å². The summed E-state index contributed by atoms with van der Waals surface area (Å²) < 4.78 is 24.7. The van der Waals surface area contributed by atoms with Gasteiger partial charge in [-0.1, -0.05) is 18.2 Å². The molecule has 0 radical (unpaired) electrons. The maximum atomic E-state index is 11.3. The fourth-order valence-corrected chi connectivity index (χ4v) is 2.78. The summed E-state index contributed by atoms with van der Waals surface area (Å²) >= 11 is 0. The summed E-state index contributed by atoms with van der Waals surface area (Å²) in [4.78, 5) is 0. The van der Waals surface area contributed by atoms with Crippen LogP contribution in [0.2, 0.25) is 0 Å². The van der Waals surface area contributed by atoms with Gasteiger partial charge < -0.3 is 4.57 Å². The van der Waals surface area contributed by atoms with Gasteiger partial charge in [0.15, 0.2) is 9.84 Å². The average Bonchev–Trinajstić information content (AvgIpc) is 2.55. The van der Waals surface area contributed by atoms with Crippen LogP contribution in [-0.4, -0.2) is 19.2 Å². The van der Waals surface area contributed by atoms with Crippen LogP contribution in [0.3, 0.4) is 0 Å². The van der Waals surface area contributed by atoms with Gasteiger partial charge >= 0.3 is 0 Å². The number of aryl methyl sites for hydroxylation is 1. The van der Waals surface area contributed by atoms with Crippen molar-refractivity contribution in [3.8, 4) is 0 Å². The van der Waals surface area contributed by atoms with Crippen molar-refractivity contribution in [2.45, 2.75) is 19.2 Å². The molecule has 0 fully saturated rings. The first-order valence-corrected chi connectivity index (χ1v) is 7.32. The predicted octanol–water partition coefficient (Wildman–Crippen LogP) is 2.21. The van der Waals surface area contributed by atoms with Gasteiger partial charge in [-0.2, -0.15) is 0 Å². The van der Waals surface area contributed by atoms with Gasteiger partial charge in [0.25, 0.3) is 0 Å².